The highest BCUT2D eigenvalue weighted by Gasteiger charge is 2.38. The van der Waals surface area contributed by atoms with Crippen molar-refractivity contribution in [3.63, 3.8) is 0 Å². The van der Waals surface area contributed by atoms with Crippen molar-refractivity contribution in [2.75, 3.05) is 19.6 Å². The van der Waals surface area contributed by atoms with Gasteiger partial charge in [-0.15, -0.1) is 0 Å². The lowest BCUT2D eigenvalue weighted by Gasteiger charge is -2.23. The van der Waals surface area contributed by atoms with Crippen molar-refractivity contribution < 1.29 is 9.21 Å². The molecule has 2 bridgehead atoms. The lowest BCUT2D eigenvalue weighted by Crippen LogP contribution is -2.43. The zero-order chi connectivity index (χ0) is 12.8. The van der Waals surface area contributed by atoms with E-state index in [-0.39, 0.29) is 5.91 Å². The molecule has 1 aromatic heterocycles. The summed E-state index contributed by atoms with van der Waals surface area (Å²) in [4.78, 5) is 14.7. The Kier molecular flexibility index (Phi) is 2.38. The maximum absolute atomic E-state index is 12.3. The Hall–Kier alpha value is -1.81. The van der Waals surface area contributed by atoms with E-state index in [9.17, 15) is 4.79 Å². The molecule has 2 aliphatic heterocycles. The molecule has 4 rings (SSSR count). The van der Waals surface area contributed by atoms with Gasteiger partial charge in [-0.25, -0.2) is 0 Å². The number of fused-ring (bicyclic) bond motifs is 3. The number of rotatable bonds is 2. The molecule has 0 radical (unpaired) electrons. The van der Waals surface area contributed by atoms with Crippen molar-refractivity contribution in [1.29, 1.82) is 0 Å². The Bertz CT molecular complexity index is 634. The number of nitrogens with one attached hydrogen (secondary N) is 1. The van der Waals surface area contributed by atoms with Crippen LogP contribution in [-0.4, -0.2) is 36.5 Å². The molecule has 2 aromatic rings. The fourth-order valence-electron chi connectivity index (χ4n) is 3.30. The smallest absolute Gasteiger partial charge is 0.251 e. The first-order valence-electron chi connectivity index (χ1n) is 6.80. The fourth-order valence-corrected chi connectivity index (χ4v) is 3.30. The molecule has 3 atom stereocenters. The highest BCUT2D eigenvalue weighted by molar-refractivity contribution is 5.97. The van der Waals surface area contributed by atoms with Crippen LogP contribution in [0.15, 0.2) is 34.9 Å². The molecule has 0 saturated carbocycles. The number of hydrogen-bond acceptors (Lipinski definition) is 3. The minimum Gasteiger partial charge on any atom is -0.464 e. The van der Waals surface area contributed by atoms with Gasteiger partial charge in [-0.3, -0.25) is 4.79 Å². The molecule has 3 heterocycles. The van der Waals surface area contributed by atoms with E-state index in [1.165, 1.54) is 13.0 Å². The monoisotopic (exact) mass is 256 g/mol. The molecule has 98 valence electrons. The van der Waals surface area contributed by atoms with E-state index in [4.69, 9.17) is 4.42 Å². The van der Waals surface area contributed by atoms with Gasteiger partial charge in [-0.1, -0.05) is 6.07 Å². The Morgan fingerprint density at radius 3 is 3.05 bits per heavy atom. The fraction of sp³-hybridized carbons (Fsp3) is 0.400. The number of furan rings is 1. The minimum atomic E-state index is 0.0112. The van der Waals surface area contributed by atoms with Crippen LogP contribution in [0.1, 0.15) is 16.8 Å². The number of carbonyl (C=O) groups is 1. The summed E-state index contributed by atoms with van der Waals surface area (Å²) in [5.41, 5.74) is 1.45. The van der Waals surface area contributed by atoms with E-state index in [1.807, 2.05) is 24.3 Å². The minimum absolute atomic E-state index is 0.0112. The van der Waals surface area contributed by atoms with Gasteiger partial charge in [0.05, 0.1) is 6.26 Å². The summed E-state index contributed by atoms with van der Waals surface area (Å²) in [6, 6.07) is 7.82. The quantitative estimate of drug-likeness (QED) is 0.892. The van der Waals surface area contributed by atoms with Crippen molar-refractivity contribution >= 4 is 16.9 Å². The zero-order valence-electron chi connectivity index (χ0n) is 10.6. The first kappa shape index (κ1) is 11.1. The van der Waals surface area contributed by atoms with Crippen LogP contribution in [-0.2, 0) is 0 Å². The normalized spacial score (nSPS) is 28.9. The Labute approximate surface area is 111 Å². The SMILES string of the molecule is O=C(NC1CN2CC[C@@H]1C2)c1ccc2ccoc2c1. The standard InChI is InChI=1S/C15H16N2O2/c18-15(16-13-9-17-5-3-12(13)8-17)11-2-1-10-4-6-19-14(10)7-11/h1-2,4,6-7,12-13H,3,5,8-9H2,(H,16,18)/t12-,13?/m1/s1. The zero-order valence-corrected chi connectivity index (χ0v) is 10.6. The van der Waals surface area contributed by atoms with Crippen LogP contribution in [0.3, 0.4) is 0 Å². The summed E-state index contributed by atoms with van der Waals surface area (Å²) in [5.74, 6) is 0.647. The van der Waals surface area contributed by atoms with Gasteiger partial charge in [-0.2, -0.15) is 0 Å². The van der Waals surface area contributed by atoms with Gasteiger partial charge in [0.15, 0.2) is 0 Å². The molecule has 0 spiro atoms. The predicted molar refractivity (Wildman–Crippen MR) is 72.0 cm³/mol. The molecular formula is C15H16N2O2. The molecule has 2 saturated heterocycles. The van der Waals surface area contributed by atoms with Crippen molar-refractivity contribution in [1.82, 2.24) is 10.2 Å². The van der Waals surface area contributed by atoms with E-state index in [0.29, 0.717) is 17.5 Å². The van der Waals surface area contributed by atoms with E-state index in [2.05, 4.69) is 10.2 Å². The van der Waals surface area contributed by atoms with Crippen LogP contribution >= 0.6 is 0 Å². The van der Waals surface area contributed by atoms with Crippen LogP contribution < -0.4 is 5.32 Å². The van der Waals surface area contributed by atoms with Crippen LogP contribution in [0.5, 0.6) is 0 Å². The van der Waals surface area contributed by atoms with Crippen LogP contribution in [0.4, 0.5) is 0 Å². The maximum atomic E-state index is 12.3. The summed E-state index contributed by atoms with van der Waals surface area (Å²) in [7, 11) is 0. The van der Waals surface area contributed by atoms with Crippen molar-refractivity contribution in [2.24, 2.45) is 5.92 Å². The Balaban J connectivity index is 1.53. The second kappa shape index (κ2) is 4.10. The Morgan fingerprint density at radius 1 is 1.32 bits per heavy atom. The molecule has 2 fully saturated rings. The lowest BCUT2D eigenvalue weighted by molar-refractivity contribution is 0.0924. The van der Waals surface area contributed by atoms with Gasteiger partial charge in [-0.05, 0) is 37.1 Å². The second-order valence-electron chi connectivity index (χ2n) is 5.56. The molecule has 4 nitrogen and oxygen atoms in total. The number of amides is 1. The van der Waals surface area contributed by atoms with Gasteiger partial charge >= 0.3 is 0 Å². The third kappa shape index (κ3) is 1.83. The van der Waals surface area contributed by atoms with Crippen LogP contribution in [0, 0.1) is 5.92 Å². The summed E-state index contributed by atoms with van der Waals surface area (Å²) < 4.78 is 5.34. The molecule has 1 amide bonds. The third-order valence-electron chi connectivity index (χ3n) is 4.37. The van der Waals surface area contributed by atoms with Gasteiger partial charge in [0, 0.05) is 30.1 Å². The average molecular weight is 256 g/mol. The van der Waals surface area contributed by atoms with E-state index >= 15 is 0 Å². The summed E-state index contributed by atoms with van der Waals surface area (Å²) in [6.45, 7) is 3.33. The highest BCUT2D eigenvalue weighted by Crippen LogP contribution is 2.28. The van der Waals surface area contributed by atoms with Gasteiger partial charge in [0.25, 0.3) is 5.91 Å². The highest BCUT2D eigenvalue weighted by atomic mass is 16.3. The summed E-state index contributed by atoms with van der Waals surface area (Å²) in [6.07, 6.45) is 2.86. The van der Waals surface area contributed by atoms with E-state index in [1.54, 1.807) is 6.26 Å². The van der Waals surface area contributed by atoms with Gasteiger partial charge < -0.3 is 14.6 Å². The lowest BCUT2D eigenvalue weighted by atomic mass is 9.99. The Morgan fingerprint density at radius 2 is 2.26 bits per heavy atom. The van der Waals surface area contributed by atoms with Crippen molar-refractivity contribution in [3.05, 3.63) is 36.1 Å². The number of carbonyl (C=O) groups excluding carboxylic acids is 1. The van der Waals surface area contributed by atoms with Gasteiger partial charge in [0.1, 0.15) is 5.58 Å². The molecule has 4 heteroatoms. The maximum Gasteiger partial charge on any atom is 0.251 e. The topological polar surface area (TPSA) is 45.5 Å². The first-order valence-corrected chi connectivity index (χ1v) is 6.80. The molecule has 1 aromatic carbocycles. The number of piperidine rings is 1. The van der Waals surface area contributed by atoms with Crippen LogP contribution in [0.25, 0.3) is 11.0 Å². The molecular weight excluding hydrogens is 240 g/mol. The molecule has 0 aliphatic carbocycles. The van der Waals surface area contributed by atoms with Crippen LogP contribution in [0.2, 0.25) is 0 Å². The second-order valence-corrected chi connectivity index (χ2v) is 5.56. The number of nitrogens with zero attached hydrogens (tertiary/aromatic N) is 1. The molecule has 2 aliphatic rings. The number of benzene rings is 1. The van der Waals surface area contributed by atoms with Gasteiger partial charge in [0.2, 0.25) is 0 Å². The molecule has 1 N–H and O–H groups in total. The van der Waals surface area contributed by atoms with E-state index in [0.717, 1.165) is 24.1 Å². The largest absolute Gasteiger partial charge is 0.464 e. The predicted octanol–water partition coefficient (Wildman–Crippen LogP) is 1.87. The van der Waals surface area contributed by atoms with Crippen molar-refractivity contribution in [3.8, 4) is 0 Å². The molecule has 19 heavy (non-hydrogen) atoms. The summed E-state index contributed by atoms with van der Waals surface area (Å²) in [5, 5.41) is 4.19. The average Bonchev–Trinajstić information content (AvgIpc) is 3.13. The van der Waals surface area contributed by atoms with Crippen molar-refractivity contribution in [2.45, 2.75) is 12.5 Å². The summed E-state index contributed by atoms with van der Waals surface area (Å²) >= 11 is 0. The molecule has 2 unspecified atom stereocenters. The number of hydrogen-bond donors (Lipinski definition) is 1. The third-order valence-corrected chi connectivity index (χ3v) is 4.37. The first-order chi connectivity index (χ1) is 9.29. The van der Waals surface area contributed by atoms with E-state index < -0.39 is 0 Å².